The number of ether oxygens (including phenoxy) is 1. The number of nitrogens with one attached hydrogen (secondary N) is 2. The number of rotatable bonds is 8. The van der Waals surface area contributed by atoms with Gasteiger partial charge in [0.1, 0.15) is 5.75 Å². The minimum Gasteiger partial charge on any atom is -0.495 e. The predicted octanol–water partition coefficient (Wildman–Crippen LogP) is 2.97. The molecule has 2 heterocycles. The largest absolute Gasteiger partial charge is 0.495 e. The van der Waals surface area contributed by atoms with Gasteiger partial charge < -0.3 is 15.0 Å². The first kappa shape index (κ1) is 20.2. The number of likely N-dealkylation sites (tertiary alicyclic amines) is 1. The van der Waals surface area contributed by atoms with Crippen molar-refractivity contribution in [1.29, 1.82) is 0 Å². The van der Waals surface area contributed by atoms with E-state index >= 15 is 0 Å². The normalized spacial score (nSPS) is 19.3. The molecule has 1 aliphatic heterocycles. The monoisotopic (exact) mass is 435 g/mol. The Hall–Kier alpha value is -2.10. The molecule has 29 heavy (non-hydrogen) atoms. The number of carbonyl (C=O) groups excluding carboxylic acids is 1. The zero-order chi connectivity index (χ0) is 20.4. The third-order valence-corrected chi connectivity index (χ3v) is 7.75. The van der Waals surface area contributed by atoms with Crippen molar-refractivity contribution in [2.75, 3.05) is 25.5 Å². The van der Waals surface area contributed by atoms with Crippen LogP contribution in [-0.2, 0) is 14.8 Å². The first-order valence-corrected chi connectivity index (χ1v) is 12.1. The average Bonchev–Trinajstić information content (AvgIpc) is 3.17. The third-order valence-electron chi connectivity index (χ3n) is 5.26. The number of nitrogens with zero attached hydrogens (tertiary/aromatic N) is 1. The van der Waals surface area contributed by atoms with Gasteiger partial charge in [0, 0.05) is 17.5 Å². The number of hydrogen-bond acceptors (Lipinski definition) is 6. The van der Waals surface area contributed by atoms with Gasteiger partial charge in [0.25, 0.3) is 0 Å². The molecule has 1 saturated heterocycles. The van der Waals surface area contributed by atoms with Crippen LogP contribution >= 0.6 is 11.3 Å². The maximum Gasteiger partial charge on any atom is 0.242 e. The second kappa shape index (κ2) is 8.33. The van der Waals surface area contributed by atoms with Crippen molar-refractivity contribution < 1.29 is 17.9 Å². The van der Waals surface area contributed by atoms with Gasteiger partial charge in [-0.25, -0.2) is 13.1 Å². The van der Waals surface area contributed by atoms with Crippen LogP contribution in [0.15, 0.2) is 40.6 Å². The van der Waals surface area contributed by atoms with E-state index in [1.807, 2.05) is 16.3 Å². The molecule has 1 amide bonds. The minimum atomic E-state index is -3.58. The summed E-state index contributed by atoms with van der Waals surface area (Å²) in [6.07, 6.45) is 3.70. The van der Waals surface area contributed by atoms with Crippen LogP contribution in [0.2, 0.25) is 0 Å². The average molecular weight is 436 g/mol. The van der Waals surface area contributed by atoms with Crippen LogP contribution in [-0.4, -0.2) is 45.5 Å². The Morgan fingerprint density at radius 3 is 2.79 bits per heavy atom. The zero-order valence-electron chi connectivity index (χ0n) is 16.3. The summed E-state index contributed by atoms with van der Waals surface area (Å²) in [7, 11) is -2.06. The van der Waals surface area contributed by atoms with Gasteiger partial charge in [-0.05, 0) is 55.3 Å². The highest BCUT2D eigenvalue weighted by Gasteiger charge is 2.31. The molecule has 7 nitrogen and oxygen atoms in total. The first-order valence-electron chi connectivity index (χ1n) is 9.75. The highest BCUT2D eigenvalue weighted by Crippen LogP contribution is 2.35. The number of amides is 1. The van der Waals surface area contributed by atoms with E-state index in [-0.39, 0.29) is 29.4 Å². The van der Waals surface area contributed by atoms with Crippen molar-refractivity contribution in [2.24, 2.45) is 0 Å². The van der Waals surface area contributed by atoms with E-state index in [2.05, 4.69) is 16.1 Å². The van der Waals surface area contributed by atoms with Gasteiger partial charge >= 0.3 is 0 Å². The van der Waals surface area contributed by atoms with Crippen LogP contribution in [0.5, 0.6) is 5.75 Å². The quantitative estimate of drug-likeness (QED) is 0.666. The molecule has 1 aromatic carbocycles. The molecule has 2 fully saturated rings. The van der Waals surface area contributed by atoms with Gasteiger partial charge in [-0.3, -0.25) is 4.79 Å². The summed E-state index contributed by atoms with van der Waals surface area (Å²) in [5.74, 6) is 0.492. The number of methoxy groups -OCH3 is 1. The summed E-state index contributed by atoms with van der Waals surface area (Å²) in [4.78, 5) is 16.1. The second-order valence-corrected chi connectivity index (χ2v) is 10.1. The molecule has 9 heteroatoms. The lowest BCUT2D eigenvalue weighted by atomic mass is 10.2. The van der Waals surface area contributed by atoms with Crippen LogP contribution in [0.4, 0.5) is 5.69 Å². The molecule has 2 aromatic rings. The van der Waals surface area contributed by atoms with E-state index in [1.54, 1.807) is 17.4 Å². The fourth-order valence-corrected chi connectivity index (χ4v) is 5.80. The van der Waals surface area contributed by atoms with Crippen molar-refractivity contribution in [3.05, 3.63) is 40.6 Å². The molecule has 4 rings (SSSR count). The molecule has 0 radical (unpaired) electrons. The Bertz CT molecular complexity index is 972. The summed E-state index contributed by atoms with van der Waals surface area (Å²) in [6.45, 7) is 0.817. The smallest absolute Gasteiger partial charge is 0.242 e. The molecule has 1 aromatic heterocycles. The van der Waals surface area contributed by atoms with E-state index in [0.29, 0.717) is 11.4 Å². The number of benzene rings is 1. The van der Waals surface area contributed by atoms with Crippen molar-refractivity contribution in [3.63, 3.8) is 0 Å². The highest BCUT2D eigenvalue weighted by atomic mass is 32.2. The first-order chi connectivity index (χ1) is 14.0. The Balaban J connectivity index is 1.47. The Labute approximate surface area is 175 Å². The standard InChI is InChI=1S/C20H25N3O4S2/c1-27-18-9-8-15(29(25,26)22-14-6-7-14)12-16(18)21-13-20(24)23-10-2-4-17(23)19-5-3-11-28-19/h3,5,8-9,11-12,14,17,21-22H,2,4,6-7,10,13H2,1H3. The van der Waals surface area contributed by atoms with Gasteiger partial charge in [0.2, 0.25) is 15.9 Å². The number of thiophene rings is 1. The van der Waals surface area contributed by atoms with E-state index in [4.69, 9.17) is 4.74 Å². The van der Waals surface area contributed by atoms with Crippen molar-refractivity contribution in [2.45, 2.75) is 42.7 Å². The summed E-state index contributed by atoms with van der Waals surface area (Å²) in [5.41, 5.74) is 0.492. The SMILES string of the molecule is COc1ccc(S(=O)(=O)NC2CC2)cc1NCC(=O)N1CCCC1c1cccs1. The Morgan fingerprint density at radius 1 is 1.28 bits per heavy atom. The maximum atomic E-state index is 12.9. The molecule has 156 valence electrons. The van der Waals surface area contributed by atoms with Gasteiger partial charge in [0.15, 0.2) is 0 Å². The van der Waals surface area contributed by atoms with Crippen molar-refractivity contribution in [3.8, 4) is 5.75 Å². The lowest BCUT2D eigenvalue weighted by Crippen LogP contribution is -2.35. The van der Waals surface area contributed by atoms with E-state index < -0.39 is 10.0 Å². The van der Waals surface area contributed by atoms with Gasteiger partial charge in [-0.2, -0.15) is 0 Å². The lowest BCUT2D eigenvalue weighted by Gasteiger charge is -2.24. The fourth-order valence-electron chi connectivity index (χ4n) is 3.60. The van der Waals surface area contributed by atoms with Crippen molar-refractivity contribution >= 4 is 33.0 Å². The molecule has 1 atom stereocenters. The molecular formula is C20H25N3O4S2. The highest BCUT2D eigenvalue weighted by molar-refractivity contribution is 7.89. The third kappa shape index (κ3) is 4.57. The molecule has 1 aliphatic carbocycles. The minimum absolute atomic E-state index is 0.00711. The van der Waals surface area contributed by atoms with Crippen LogP contribution in [0.1, 0.15) is 36.6 Å². The second-order valence-electron chi connectivity index (χ2n) is 7.37. The molecular weight excluding hydrogens is 410 g/mol. The summed E-state index contributed by atoms with van der Waals surface area (Å²) >= 11 is 1.67. The van der Waals surface area contributed by atoms with Crippen LogP contribution in [0, 0.1) is 0 Å². The number of carbonyl (C=O) groups is 1. The van der Waals surface area contributed by atoms with Gasteiger partial charge in [-0.1, -0.05) is 6.07 Å². The Kier molecular flexibility index (Phi) is 5.80. The zero-order valence-corrected chi connectivity index (χ0v) is 17.9. The Morgan fingerprint density at radius 2 is 2.10 bits per heavy atom. The maximum absolute atomic E-state index is 12.9. The molecule has 1 unspecified atom stereocenters. The van der Waals surface area contributed by atoms with Gasteiger partial charge in [-0.15, -0.1) is 11.3 Å². The van der Waals surface area contributed by atoms with Crippen LogP contribution in [0.25, 0.3) is 0 Å². The molecule has 1 saturated carbocycles. The van der Waals surface area contributed by atoms with Crippen molar-refractivity contribution in [1.82, 2.24) is 9.62 Å². The summed E-state index contributed by atoms with van der Waals surface area (Å²) < 4.78 is 33.0. The summed E-state index contributed by atoms with van der Waals surface area (Å²) in [5, 5.41) is 5.11. The topological polar surface area (TPSA) is 87.7 Å². The van der Waals surface area contributed by atoms with Crippen LogP contribution < -0.4 is 14.8 Å². The molecule has 2 N–H and O–H groups in total. The summed E-state index contributed by atoms with van der Waals surface area (Å²) in [6, 6.07) is 8.88. The lowest BCUT2D eigenvalue weighted by molar-refractivity contribution is -0.130. The van der Waals surface area contributed by atoms with Gasteiger partial charge in [0.05, 0.1) is 30.3 Å². The molecule has 0 bridgehead atoms. The van der Waals surface area contributed by atoms with E-state index in [9.17, 15) is 13.2 Å². The van der Waals surface area contributed by atoms with E-state index in [1.165, 1.54) is 24.1 Å². The van der Waals surface area contributed by atoms with Crippen LogP contribution in [0.3, 0.4) is 0 Å². The molecule has 0 spiro atoms. The molecule has 2 aliphatic rings. The predicted molar refractivity (Wildman–Crippen MR) is 113 cm³/mol. The number of hydrogen-bond donors (Lipinski definition) is 2. The van der Waals surface area contributed by atoms with E-state index in [0.717, 1.165) is 32.2 Å². The number of sulfonamides is 1. The fraction of sp³-hybridized carbons (Fsp3) is 0.450. The number of anilines is 1.